The molecule has 2 rings (SSSR count). The number of carboxylic acids is 1. The van der Waals surface area contributed by atoms with Crippen LogP contribution < -0.4 is 5.32 Å². The summed E-state index contributed by atoms with van der Waals surface area (Å²) in [6.07, 6.45) is 4.02. The third-order valence-electron chi connectivity index (χ3n) is 2.75. The lowest BCUT2D eigenvalue weighted by molar-refractivity contribution is -0.131. The lowest BCUT2D eigenvalue weighted by Gasteiger charge is -2.09. The average molecular weight is 281 g/mol. The number of rotatable bonds is 5. The number of aliphatic carboxylic acids is 1. The topological polar surface area (TPSA) is 75.6 Å². The van der Waals surface area contributed by atoms with Gasteiger partial charge in [-0.25, -0.2) is 4.79 Å². The van der Waals surface area contributed by atoms with E-state index in [-0.39, 0.29) is 12.0 Å². The molecule has 0 aromatic carbocycles. The summed E-state index contributed by atoms with van der Waals surface area (Å²) in [7, 11) is 0. The fourth-order valence-corrected chi connectivity index (χ4v) is 2.61. The minimum atomic E-state index is -0.973. The summed E-state index contributed by atoms with van der Waals surface area (Å²) in [5.74, 6) is -1.05. The van der Waals surface area contributed by atoms with Gasteiger partial charge in [-0.1, -0.05) is 0 Å². The molecule has 102 valence electrons. The highest BCUT2D eigenvalue weighted by atomic mass is 32.1. The number of thiophene rings is 1. The van der Waals surface area contributed by atoms with E-state index in [9.17, 15) is 9.59 Å². The predicted molar refractivity (Wildman–Crippen MR) is 71.8 cm³/mol. The maximum Gasteiger partial charge on any atom is 0.328 e. The van der Waals surface area contributed by atoms with Crippen molar-refractivity contribution in [1.82, 2.24) is 5.32 Å². The Bertz CT molecular complexity index is 489. The van der Waals surface area contributed by atoms with Gasteiger partial charge in [0.2, 0.25) is 5.91 Å². The normalized spacial score (nSPS) is 18.8. The summed E-state index contributed by atoms with van der Waals surface area (Å²) < 4.78 is 5.29. The van der Waals surface area contributed by atoms with Crippen molar-refractivity contribution in [1.29, 1.82) is 0 Å². The molecule has 1 atom stereocenters. The fourth-order valence-electron chi connectivity index (χ4n) is 1.82. The van der Waals surface area contributed by atoms with Crippen molar-refractivity contribution in [2.75, 3.05) is 6.61 Å². The SMILES string of the molecule is O=C(O)C=Cc1csc(CNC(=O)C2CCCO2)c1. The molecule has 2 N–H and O–H groups in total. The molecule has 1 saturated heterocycles. The summed E-state index contributed by atoms with van der Waals surface area (Å²) in [4.78, 5) is 23.1. The van der Waals surface area contributed by atoms with Crippen molar-refractivity contribution in [3.05, 3.63) is 28.0 Å². The number of carbonyl (C=O) groups is 2. The van der Waals surface area contributed by atoms with E-state index in [1.807, 2.05) is 11.4 Å². The Labute approximate surface area is 114 Å². The first-order valence-corrected chi connectivity index (χ1v) is 6.91. The molecule has 6 heteroatoms. The summed E-state index contributed by atoms with van der Waals surface area (Å²) in [5.41, 5.74) is 0.828. The number of carbonyl (C=O) groups excluding carboxylic acids is 1. The van der Waals surface area contributed by atoms with Crippen LogP contribution in [0.5, 0.6) is 0 Å². The van der Waals surface area contributed by atoms with Gasteiger partial charge in [-0.2, -0.15) is 0 Å². The zero-order chi connectivity index (χ0) is 13.7. The third-order valence-corrected chi connectivity index (χ3v) is 3.71. The van der Waals surface area contributed by atoms with Crippen molar-refractivity contribution in [3.8, 4) is 0 Å². The van der Waals surface area contributed by atoms with E-state index in [4.69, 9.17) is 9.84 Å². The third kappa shape index (κ3) is 4.18. The smallest absolute Gasteiger partial charge is 0.328 e. The van der Waals surface area contributed by atoms with Crippen LogP contribution in [0.3, 0.4) is 0 Å². The molecule has 1 aliphatic heterocycles. The van der Waals surface area contributed by atoms with Gasteiger partial charge in [-0.3, -0.25) is 4.79 Å². The summed E-state index contributed by atoms with van der Waals surface area (Å²) in [6, 6.07) is 1.86. The Balaban J connectivity index is 1.82. The monoisotopic (exact) mass is 281 g/mol. The maximum absolute atomic E-state index is 11.7. The van der Waals surface area contributed by atoms with Crippen LogP contribution in [0.25, 0.3) is 6.08 Å². The minimum Gasteiger partial charge on any atom is -0.478 e. The molecule has 0 spiro atoms. The van der Waals surface area contributed by atoms with Crippen LogP contribution >= 0.6 is 11.3 Å². The molecule has 1 aliphatic rings. The van der Waals surface area contributed by atoms with Gasteiger partial charge in [0.05, 0.1) is 6.54 Å². The standard InChI is InChI=1S/C13H15NO4S/c15-12(16)4-3-9-6-10(19-8-9)7-14-13(17)11-2-1-5-18-11/h3-4,6,8,11H,1-2,5,7H2,(H,14,17)(H,15,16). The van der Waals surface area contributed by atoms with Gasteiger partial charge < -0.3 is 15.2 Å². The van der Waals surface area contributed by atoms with Gasteiger partial charge in [-0.05, 0) is 35.9 Å². The Morgan fingerprint density at radius 2 is 2.42 bits per heavy atom. The minimum absolute atomic E-state index is 0.0754. The largest absolute Gasteiger partial charge is 0.478 e. The molecule has 0 bridgehead atoms. The Morgan fingerprint density at radius 1 is 1.58 bits per heavy atom. The van der Waals surface area contributed by atoms with Gasteiger partial charge >= 0.3 is 5.97 Å². The van der Waals surface area contributed by atoms with Crippen LogP contribution in [-0.2, 0) is 20.9 Å². The van der Waals surface area contributed by atoms with Crippen molar-refractivity contribution in [3.63, 3.8) is 0 Å². The van der Waals surface area contributed by atoms with Crippen LogP contribution in [0.4, 0.5) is 0 Å². The second-order valence-electron chi connectivity index (χ2n) is 4.24. The molecule has 19 heavy (non-hydrogen) atoms. The van der Waals surface area contributed by atoms with Crippen LogP contribution in [0.1, 0.15) is 23.3 Å². The van der Waals surface area contributed by atoms with E-state index in [0.717, 1.165) is 29.4 Å². The molecule has 2 heterocycles. The van der Waals surface area contributed by atoms with E-state index in [1.54, 1.807) is 0 Å². The second-order valence-corrected chi connectivity index (χ2v) is 5.23. The zero-order valence-corrected chi connectivity index (χ0v) is 11.1. The predicted octanol–water partition coefficient (Wildman–Crippen LogP) is 1.64. The highest BCUT2D eigenvalue weighted by Crippen LogP contribution is 2.17. The van der Waals surface area contributed by atoms with E-state index in [1.165, 1.54) is 17.4 Å². The van der Waals surface area contributed by atoms with Crippen molar-refractivity contribution >= 4 is 29.3 Å². The number of amides is 1. The van der Waals surface area contributed by atoms with Gasteiger partial charge in [0.15, 0.2) is 0 Å². The first-order valence-electron chi connectivity index (χ1n) is 6.03. The van der Waals surface area contributed by atoms with Crippen LogP contribution in [-0.4, -0.2) is 29.7 Å². The van der Waals surface area contributed by atoms with Crippen LogP contribution in [0.2, 0.25) is 0 Å². The van der Waals surface area contributed by atoms with Gasteiger partial charge in [0.1, 0.15) is 6.10 Å². The van der Waals surface area contributed by atoms with E-state index in [2.05, 4.69) is 5.32 Å². The molecule has 1 fully saturated rings. The molecule has 1 amide bonds. The molecule has 0 radical (unpaired) electrons. The lowest BCUT2D eigenvalue weighted by atomic mass is 10.2. The first-order chi connectivity index (χ1) is 9.15. The number of hydrogen-bond donors (Lipinski definition) is 2. The van der Waals surface area contributed by atoms with Gasteiger partial charge in [-0.15, -0.1) is 11.3 Å². The molecule has 0 saturated carbocycles. The molecular formula is C13H15NO4S. The highest BCUT2D eigenvalue weighted by Gasteiger charge is 2.23. The molecule has 0 aliphatic carbocycles. The van der Waals surface area contributed by atoms with E-state index >= 15 is 0 Å². The summed E-state index contributed by atoms with van der Waals surface area (Å²) >= 11 is 1.49. The average Bonchev–Trinajstić information content (AvgIpc) is 3.04. The van der Waals surface area contributed by atoms with Crippen molar-refractivity contribution in [2.45, 2.75) is 25.5 Å². The summed E-state index contributed by atoms with van der Waals surface area (Å²) in [5, 5.41) is 13.2. The number of hydrogen-bond acceptors (Lipinski definition) is 4. The van der Waals surface area contributed by atoms with Crippen molar-refractivity contribution in [2.24, 2.45) is 0 Å². The molecular weight excluding hydrogens is 266 g/mol. The highest BCUT2D eigenvalue weighted by molar-refractivity contribution is 7.10. The first kappa shape index (κ1) is 13.8. The van der Waals surface area contributed by atoms with E-state index < -0.39 is 5.97 Å². The molecule has 1 unspecified atom stereocenters. The molecule has 5 nitrogen and oxygen atoms in total. The Kier molecular flexibility index (Phi) is 4.70. The number of ether oxygens (including phenoxy) is 1. The molecule has 1 aromatic rings. The van der Waals surface area contributed by atoms with Gasteiger partial charge in [0, 0.05) is 17.6 Å². The quantitative estimate of drug-likeness (QED) is 0.805. The van der Waals surface area contributed by atoms with Crippen molar-refractivity contribution < 1.29 is 19.4 Å². The van der Waals surface area contributed by atoms with E-state index in [0.29, 0.717) is 13.2 Å². The Hall–Kier alpha value is -1.66. The zero-order valence-electron chi connectivity index (χ0n) is 10.3. The Morgan fingerprint density at radius 3 is 3.11 bits per heavy atom. The second kappa shape index (κ2) is 6.49. The fraction of sp³-hybridized carbons (Fsp3) is 0.385. The maximum atomic E-state index is 11.7. The lowest BCUT2D eigenvalue weighted by Crippen LogP contribution is -2.33. The number of carboxylic acid groups (broad SMARTS) is 1. The van der Waals surface area contributed by atoms with Gasteiger partial charge in [0.25, 0.3) is 0 Å². The number of nitrogens with one attached hydrogen (secondary N) is 1. The van der Waals surface area contributed by atoms with Crippen LogP contribution in [0, 0.1) is 0 Å². The van der Waals surface area contributed by atoms with Crippen LogP contribution in [0.15, 0.2) is 17.5 Å². The summed E-state index contributed by atoms with van der Waals surface area (Å²) in [6.45, 7) is 1.10. The molecule has 1 aromatic heterocycles.